The molecule has 5 nitrogen and oxygen atoms in total. The molecule has 1 aliphatic heterocycles. The highest BCUT2D eigenvalue weighted by atomic mass is 16.1. The average Bonchev–Trinajstić information content (AvgIpc) is 3.06. The van der Waals surface area contributed by atoms with Crippen LogP contribution in [0.1, 0.15) is 33.6 Å². The van der Waals surface area contributed by atoms with Crippen LogP contribution in [-0.4, -0.2) is 35.4 Å². The molecule has 0 fully saturated rings. The van der Waals surface area contributed by atoms with Crippen molar-refractivity contribution in [2.24, 2.45) is 0 Å². The molecule has 0 bridgehead atoms. The van der Waals surface area contributed by atoms with Crippen molar-refractivity contribution in [1.82, 2.24) is 15.2 Å². The third-order valence-corrected chi connectivity index (χ3v) is 6.39. The van der Waals surface area contributed by atoms with Gasteiger partial charge in [-0.05, 0) is 67.8 Å². The number of nitrogens with one attached hydrogen (secondary N) is 2. The molecule has 0 spiro atoms. The van der Waals surface area contributed by atoms with Gasteiger partial charge in [-0.1, -0.05) is 48.5 Å². The summed E-state index contributed by atoms with van der Waals surface area (Å²) >= 11 is 0. The third-order valence-electron chi connectivity index (χ3n) is 6.39. The summed E-state index contributed by atoms with van der Waals surface area (Å²) in [7, 11) is 0. The maximum atomic E-state index is 12.9. The van der Waals surface area contributed by atoms with Crippen molar-refractivity contribution in [1.29, 1.82) is 0 Å². The molecule has 5 heteroatoms. The summed E-state index contributed by atoms with van der Waals surface area (Å²) in [5.74, 6) is -0.0466. The lowest BCUT2D eigenvalue weighted by Gasteiger charge is -2.20. The Kier molecular flexibility index (Phi) is 6.54. The molecule has 2 N–H and O–H groups in total. The molecule has 0 saturated heterocycles. The van der Waals surface area contributed by atoms with Gasteiger partial charge in [0.2, 0.25) is 0 Å². The first-order chi connectivity index (χ1) is 16.7. The van der Waals surface area contributed by atoms with E-state index < -0.39 is 0 Å². The van der Waals surface area contributed by atoms with Crippen LogP contribution in [0.3, 0.4) is 0 Å². The number of pyridine rings is 1. The lowest BCUT2D eigenvalue weighted by molar-refractivity contribution is 0.0948. The molecule has 0 saturated carbocycles. The molecule has 4 aromatic rings. The average molecular weight is 451 g/mol. The van der Waals surface area contributed by atoms with Crippen LogP contribution in [0.5, 0.6) is 0 Å². The second-order valence-electron chi connectivity index (χ2n) is 8.94. The fraction of sp³-hybridized carbons (Fsp3) is 0.241. The molecule has 172 valence electrons. The van der Waals surface area contributed by atoms with E-state index in [-0.39, 0.29) is 5.91 Å². The van der Waals surface area contributed by atoms with E-state index in [1.165, 1.54) is 11.1 Å². The summed E-state index contributed by atoms with van der Waals surface area (Å²) in [4.78, 5) is 19.9. The number of aryl methyl sites for hydroxylation is 2. The van der Waals surface area contributed by atoms with Crippen LogP contribution in [0.4, 0.5) is 11.4 Å². The van der Waals surface area contributed by atoms with E-state index in [0.29, 0.717) is 12.1 Å². The Hall–Kier alpha value is -3.70. The number of benzene rings is 3. The van der Waals surface area contributed by atoms with E-state index in [9.17, 15) is 4.79 Å². The van der Waals surface area contributed by atoms with Gasteiger partial charge < -0.3 is 10.6 Å². The summed E-state index contributed by atoms with van der Waals surface area (Å²) in [6.45, 7) is 5.48. The minimum absolute atomic E-state index is 0.0466. The van der Waals surface area contributed by atoms with Gasteiger partial charge in [-0.2, -0.15) is 0 Å². The van der Waals surface area contributed by atoms with Crippen molar-refractivity contribution in [3.63, 3.8) is 0 Å². The van der Waals surface area contributed by atoms with Gasteiger partial charge in [0.05, 0.1) is 5.52 Å². The molecule has 2 heterocycles. The quantitative estimate of drug-likeness (QED) is 0.409. The van der Waals surface area contributed by atoms with E-state index in [4.69, 9.17) is 0 Å². The fourth-order valence-electron chi connectivity index (χ4n) is 4.69. The number of aromatic nitrogens is 1. The predicted octanol–water partition coefficient (Wildman–Crippen LogP) is 5.47. The van der Waals surface area contributed by atoms with Crippen molar-refractivity contribution < 1.29 is 4.79 Å². The van der Waals surface area contributed by atoms with Gasteiger partial charge in [-0.3, -0.25) is 14.7 Å². The van der Waals surface area contributed by atoms with Crippen LogP contribution in [-0.2, 0) is 13.0 Å². The largest absolute Gasteiger partial charge is 0.355 e. The second kappa shape index (κ2) is 10.1. The van der Waals surface area contributed by atoms with E-state index in [2.05, 4.69) is 50.8 Å². The van der Waals surface area contributed by atoms with Gasteiger partial charge in [0, 0.05) is 47.7 Å². The second-order valence-corrected chi connectivity index (χ2v) is 8.94. The Bertz CT molecular complexity index is 1320. The standard InChI is InChI=1S/C29H30N4O/c1-21-18-28(26-13-4-5-14-27(26)31-21)32-25-12-6-10-23(19-25)29(34)30-15-17-33-16-7-11-22-8-2-3-9-24(22)20-33/h2-6,8-10,12-14,18-19H,7,11,15-17,20H2,1H3,(H,30,34)(H,31,32). The molecule has 1 aromatic heterocycles. The van der Waals surface area contributed by atoms with E-state index >= 15 is 0 Å². The van der Waals surface area contributed by atoms with Crippen LogP contribution >= 0.6 is 0 Å². The number of para-hydroxylation sites is 1. The molecule has 0 aliphatic carbocycles. The highest BCUT2D eigenvalue weighted by Gasteiger charge is 2.14. The minimum atomic E-state index is -0.0466. The van der Waals surface area contributed by atoms with E-state index in [1.807, 2.05) is 55.5 Å². The summed E-state index contributed by atoms with van der Waals surface area (Å²) < 4.78 is 0. The van der Waals surface area contributed by atoms with Crippen molar-refractivity contribution in [3.05, 3.63) is 101 Å². The predicted molar refractivity (Wildman–Crippen MR) is 139 cm³/mol. The van der Waals surface area contributed by atoms with E-state index in [1.54, 1.807) is 0 Å². The van der Waals surface area contributed by atoms with E-state index in [0.717, 1.165) is 60.4 Å². The van der Waals surface area contributed by atoms with Gasteiger partial charge in [-0.25, -0.2) is 0 Å². The normalized spacial score (nSPS) is 13.8. The molecule has 1 aliphatic rings. The zero-order valence-corrected chi connectivity index (χ0v) is 19.6. The van der Waals surface area contributed by atoms with Gasteiger partial charge in [0.1, 0.15) is 0 Å². The topological polar surface area (TPSA) is 57.3 Å². The number of amides is 1. The summed E-state index contributed by atoms with van der Waals surface area (Å²) in [5, 5.41) is 7.64. The first-order valence-corrected chi connectivity index (χ1v) is 12.0. The zero-order chi connectivity index (χ0) is 23.3. The van der Waals surface area contributed by atoms with Crippen LogP contribution in [0.25, 0.3) is 10.9 Å². The molecule has 1 amide bonds. The molecule has 34 heavy (non-hydrogen) atoms. The Morgan fingerprint density at radius 2 is 1.79 bits per heavy atom. The van der Waals surface area contributed by atoms with Crippen molar-refractivity contribution >= 4 is 28.2 Å². The number of hydrogen-bond donors (Lipinski definition) is 2. The molecule has 0 unspecified atom stereocenters. The minimum Gasteiger partial charge on any atom is -0.355 e. The lowest BCUT2D eigenvalue weighted by atomic mass is 10.0. The van der Waals surface area contributed by atoms with Gasteiger partial charge in [-0.15, -0.1) is 0 Å². The first-order valence-electron chi connectivity index (χ1n) is 12.0. The molecule has 3 aromatic carbocycles. The Balaban J connectivity index is 1.22. The summed E-state index contributed by atoms with van der Waals surface area (Å²) in [6.07, 6.45) is 2.28. The number of nitrogens with zero attached hydrogens (tertiary/aromatic N) is 2. The fourth-order valence-corrected chi connectivity index (χ4v) is 4.69. The molecule has 0 radical (unpaired) electrons. The monoisotopic (exact) mass is 450 g/mol. The maximum absolute atomic E-state index is 12.9. The van der Waals surface area contributed by atoms with Crippen LogP contribution in [0, 0.1) is 6.92 Å². The molecule has 5 rings (SSSR count). The number of carbonyl (C=O) groups is 1. The lowest BCUT2D eigenvalue weighted by Crippen LogP contribution is -2.34. The van der Waals surface area contributed by atoms with Gasteiger partial charge >= 0.3 is 0 Å². The number of carbonyl (C=O) groups excluding carboxylic acids is 1. The number of anilines is 2. The first kappa shape index (κ1) is 22.1. The Morgan fingerprint density at radius 3 is 2.71 bits per heavy atom. The van der Waals surface area contributed by atoms with Crippen LogP contribution in [0.15, 0.2) is 78.9 Å². The Morgan fingerprint density at radius 1 is 0.971 bits per heavy atom. The Labute approximate surface area is 200 Å². The van der Waals surface area contributed by atoms with Crippen molar-refractivity contribution in [3.8, 4) is 0 Å². The molecular formula is C29H30N4O. The van der Waals surface area contributed by atoms with Crippen molar-refractivity contribution in [2.45, 2.75) is 26.3 Å². The molecule has 0 atom stereocenters. The highest BCUT2D eigenvalue weighted by molar-refractivity contribution is 5.96. The number of hydrogen-bond acceptors (Lipinski definition) is 4. The smallest absolute Gasteiger partial charge is 0.251 e. The van der Waals surface area contributed by atoms with Crippen molar-refractivity contribution in [2.75, 3.05) is 25.0 Å². The van der Waals surface area contributed by atoms with Crippen LogP contribution < -0.4 is 10.6 Å². The highest BCUT2D eigenvalue weighted by Crippen LogP contribution is 2.26. The SMILES string of the molecule is Cc1cc(Nc2cccc(C(=O)NCCN3CCCc4ccccc4C3)c2)c2ccccc2n1. The number of fused-ring (bicyclic) bond motifs is 2. The maximum Gasteiger partial charge on any atom is 0.251 e. The number of rotatable bonds is 6. The molecular weight excluding hydrogens is 420 g/mol. The van der Waals surface area contributed by atoms with Crippen LogP contribution in [0.2, 0.25) is 0 Å². The zero-order valence-electron chi connectivity index (χ0n) is 19.6. The van der Waals surface area contributed by atoms with Gasteiger partial charge in [0.15, 0.2) is 0 Å². The van der Waals surface area contributed by atoms with Gasteiger partial charge in [0.25, 0.3) is 5.91 Å². The third kappa shape index (κ3) is 5.10. The summed E-state index contributed by atoms with van der Waals surface area (Å²) in [5.41, 5.74) is 7.29. The summed E-state index contributed by atoms with van der Waals surface area (Å²) in [6, 6.07) is 26.5.